The Kier molecular flexibility index (Phi) is 4.20. The molecule has 6 heteroatoms. The van der Waals surface area contributed by atoms with Crippen molar-refractivity contribution in [2.24, 2.45) is 5.84 Å². The van der Waals surface area contributed by atoms with E-state index < -0.39 is 11.9 Å². The van der Waals surface area contributed by atoms with Gasteiger partial charge in [-0.05, 0) is 46.4 Å². The monoisotopic (exact) mass is 361 g/mol. The van der Waals surface area contributed by atoms with Crippen LogP contribution in [0.3, 0.4) is 0 Å². The van der Waals surface area contributed by atoms with Gasteiger partial charge in [0, 0.05) is 15.3 Å². The number of nitrogens with one attached hydrogen (secondary N) is 1. The molecule has 0 bridgehead atoms. The zero-order valence-electron chi connectivity index (χ0n) is 9.20. The van der Waals surface area contributed by atoms with Gasteiger partial charge in [0.05, 0.1) is 12.2 Å². The molecule has 0 amide bonds. The van der Waals surface area contributed by atoms with E-state index in [4.69, 9.17) is 5.84 Å². The molecule has 1 aromatic heterocycles. The quantitative estimate of drug-likeness (QED) is 0.502. The standard InChI is InChI=1S/C12H10F2IN3/c13-7-1-2-9(11(15)5-7)12(18-16)8-3-4-17-6-10(8)14/h1-6,12,18H,16H2. The van der Waals surface area contributed by atoms with Gasteiger partial charge < -0.3 is 0 Å². The molecule has 3 N–H and O–H groups in total. The minimum Gasteiger partial charge on any atom is -0.271 e. The Bertz CT molecular complexity index is 563. The van der Waals surface area contributed by atoms with Crippen LogP contribution in [0.25, 0.3) is 0 Å². The zero-order valence-corrected chi connectivity index (χ0v) is 11.4. The zero-order chi connectivity index (χ0) is 13.1. The molecule has 0 radical (unpaired) electrons. The molecule has 0 saturated heterocycles. The van der Waals surface area contributed by atoms with Crippen molar-refractivity contribution in [3.63, 3.8) is 0 Å². The molecule has 2 aromatic rings. The first kappa shape index (κ1) is 13.3. The fourth-order valence-electron chi connectivity index (χ4n) is 1.70. The Labute approximate surface area is 117 Å². The van der Waals surface area contributed by atoms with Crippen molar-refractivity contribution in [1.29, 1.82) is 0 Å². The number of hydrogen-bond donors (Lipinski definition) is 2. The minimum atomic E-state index is -0.541. The summed E-state index contributed by atoms with van der Waals surface area (Å²) >= 11 is 1.99. The van der Waals surface area contributed by atoms with Gasteiger partial charge in [-0.2, -0.15) is 0 Å². The molecular formula is C12H10F2IN3. The number of nitrogens with zero attached hydrogens (tertiary/aromatic N) is 1. The molecule has 1 heterocycles. The van der Waals surface area contributed by atoms with Crippen LogP contribution >= 0.6 is 22.6 Å². The van der Waals surface area contributed by atoms with E-state index in [0.29, 0.717) is 14.7 Å². The number of halogens is 3. The first-order chi connectivity index (χ1) is 8.63. The summed E-state index contributed by atoms with van der Waals surface area (Å²) in [6.07, 6.45) is 2.61. The fraction of sp³-hybridized carbons (Fsp3) is 0.0833. The predicted octanol–water partition coefficient (Wildman–Crippen LogP) is 2.52. The van der Waals surface area contributed by atoms with Crippen LogP contribution in [-0.2, 0) is 0 Å². The first-order valence-electron chi connectivity index (χ1n) is 5.14. The van der Waals surface area contributed by atoms with Crippen LogP contribution in [-0.4, -0.2) is 4.98 Å². The lowest BCUT2D eigenvalue weighted by Gasteiger charge is -2.18. The van der Waals surface area contributed by atoms with Crippen molar-refractivity contribution in [3.05, 3.63) is 63.0 Å². The maximum atomic E-state index is 13.7. The second-order valence-corrected chi connectivity index (χ2v) is 4.82. The lowest BCUT2D eigenvalue weighted by atomic mass is 10.00. The fourth-order valence-corrected chi connectivity index (χ4v) is 2.49. The third kappa shape index (κ3) is 2.65. The summed E-state index contributed by atoms with van der Waals surface area (Å²) in [6, 6.07) is 5.28. The van der Waals surface area contributed by atoms with Crippen molar-refractivity contribution >= 4 is 22.6 Å². The maximum Gasteiger partial charge on any atom is 0.146 e. The average Bonchev–Trinajstić information content (AvgIpc) is 2.34. The summed E-state index contributed by atoms with van der Waals surface area (Å²) in [6.45, 7) is 0. The molecule has 0 saturated carbocycles. The van der Waals surface area contributed by atoms with Crippen LogP contribution in [0.5, 0.6) is 0 Å². The Hall–Kier alpha value is -1.12. The predicted molar refractivity (Wildman–Crippen MR) is 72.5 cm³/mol. The third-order valence-corrected chi connectivity index (χ3v) is 3.49. The highest BCUT2D eigenvalue weighted by Gasteiger charge is 2.19. The molecule has 1 unspecified atom stereocenters. The minimum absolute atomic E-state index is 0.339. The van der Waals surface area contributed by atoms with Crippen LogP contribution in [0.4, 0.5) is 8.78 Å². The van der Waals surface area contributed by atoms with Crippen molar-refractivity contribution in [2.45, 2.75) is 6.04 Å². The maximum absolute atomic E-state index is 13.7. The highest BCUT2D eigenvalue weighted by atomic mass is 127. The Morgan fingerprint density at radius 3 is 2.61 bits per heavy atom. The average molecular weight is 361 g/mol. The van der Waals surface area contributed by atoms with E-state index in [0.717, 1.165) is 6.20 Å². The van der Waals surface area contributed by atoms with E-state index in [1.165, 1.54) is 18.3 Å². The molecule has 0 aliphatic heterocycles. The smallest absolute Gasteiger partial charge is 0.146 e. The van der Waals surface area contributed by atoms with Gasteiger partial charge in [-0.1, -0.05) is 6.07 Å². The molecule has 0 spiro atoms. The lowest BCUT2D eigenvalue weighted by molar-refractivity contribution is 0.553. The van der Waals surface area contributed by atoms with Gasteiger partial charge in [0.1, 0.15) is 11.6 Å². The second-order valence-electron chi connectivity index (χ2n) is 3.66. The van der Waals surface area contributed by atoms with Gasteiger partial charge in [-0.25, -0.2) is 14.2 Å². The lowest BCUT2D eigenvalue weighted by Crippen LogP contribution is -2.30. The molecule has 3 nitrogen and oxygen atoms in total. The molecular weight excluding hydrogens is 351 g/mol. The molecule has 2 rings (SSSR count). The Morgan fingerprint density at radius 1 is 1.22 bits per heavy atom. The number of pyridine rings is 1. The molecule has 0 fully saturated rings. The largest absolute Gasteiger partial charge is 0.271 e. The van der Waals surface area contributed by atoms with Crippen LogP contribution in [0.1, 0.15) is 17.2 Å². The van der Waals surface area contributed by atoms with Crippen LogP contribution in [0, 0.1) is 15.2 Å². The van der Waals surface area contributed by atoms with Crippen LogP contribution in [0.15, 0.2) is 36.7 Å². The summed E-state index contributed by atoms with van der Waals surface area (Å²) in [5.41, 5.74) is 3.63. The van der Waals surface area contributed by atoms with Crippen LogP contribution in [0.2, 0.25) is 0 Å². The summed E-state index contributed by atoms with van der Waals surface area (Å²) in [5, 5.41) is 0. The SMILES string of the molecule is NNC(c1ccncc1F)c1ccc(F)cc1I. The van der Waals surface area contributed by atoms with Gasteiger partial charge in [0.25, 0.3) is 0 Å². The summed E-state index contributed by atoms with van der Waals surface area (Å²) in [5.74, 6) is 4.68. The first-order valence-corrected chi connectivity index (χ1v) is 6.22. The molecule has 18 heavy (non-hydrogen) atoms. The van der Waals surface area contributed by atoms with Gasteiger partial charge in [0.2, 0.25) is 0 Å². The van der Waals surface area contributed by atoms with Gasteiger partial charge >= 0.3 is 0 Å². The molecule has 94 valence electrons. The number of hydrazine groups is 1. The number of rotatable bonds is 3. The molecule has 0 aliphatic rings. The number of nitrogens with two attached hydrogens (primary N) is 1. The summed E-state index contributed by atoms with van der Waals surface area (Å²) in [4.78, 5) is 3.69. The van der Waals surface area contributed by atoms with Crippen LogP contribution < -0.4 is 11.3 Å². The van der Waals surface area contributed by atoms with E-state index in [1.54, 1.807) is 12.1 Å². The Morgan fingerprint density at radius 2 is 2.00 bits per heavy atom. The highest BCUT2D eigenvalue weighted by Crippen LogP contribution is 2.27. The number of benzene rings is 1. The summed E-state index contributed by atoms with van der Waals surface area (Å²) < 4.78 is 27.4. The number of aromatic nitrogens is 1. The number of hydrogen-bond acceptors (Lipinski definition) is 3. The van der Waals surface area contributed by atoms with Crippen molar-refractivity contribution < 1.29 is 8.78 Å². The van der Waals surface area contributed by atoms with Crippen molar-refractivity contribution in [3.8, 4) is 0 Å². The Balaban J connectivity index is 2.49. The van der Waals surface area contributed by atoms with Gasteiger partial charge in [-0.3, -0.25) is 10.8 Å². The molecule has 1 atom stereocenters. The second kappa shape index (κ2) is 5.68. The third-order valence-electron chi connectivity index (χ3n) is 2.55. The molecule has 1 aromatic carbocycles. The van der Waals surface area contributed by atoms with Gasteiger partial charge in [0.15, 0.2) is 0 Å². The van der Waals surface area contributed by atoms with Gasteiger partial charge in [-0.15, -0.1) is 0 Å². The summed E-state index contributed by atoms with van der Waals surface area (Å²) in [7, 11) is 0. The van der Waals surface area contributed by atoms with E-state index in [1.807, 2.05) is 22.6 Å². The highest BCUT2D eigenvalue weighted by molar-refractivity contribution is 14.1. The van der Waals surface area contributed by atoms with E-state index >= 15 is 0 Å². The molecule has 0 aliphatic carbocycles. The van der Waals surface area contributed by atoms with Crippen molar-refractivity contribution in [2.75, 3.05) is 0 Å². The van der Waals surface area contributed by atoms with E-state index in [-0.39, 0.29) is 5.82 Å². The van der Waals surface area contributed by atoms with Crippen molar-refractivity contribution in [1.82, 2.24) is 10.4 Å². The van der Waals surface area contributed by atoms with E-state index in [2.05, 4.69) is 10.4 Å². The normalized spacial score (nSPS) is 12.4. The topological polar surface area (TPSA) is 50.9 Å². The van der Waals surface area contributed by atoms with E-state index in [9.17, 15) is 8.78 Å².